The zero-order chi connectivity index (χ0) is 20.4. The number of aromatic nitrogens is 2. The standard InChI is InChI=1S/C22H34N4O3/c1-17(27)25-9-3-2-8-22(29,15-25)14-24-10-6-18(7-11-24)13-26-16-23-20(12-21(26)28)19-4-5-19/h12,16,18-19,29H,2-11,13-15H2,1H3. The van der Waals surface area contributed by atoms with Crippen LogP contribution in [0.15, 0.2) is 17.2 Å². The summed E-state index contributed by atoms with van der Waals surface area (Å²) in [6, 6.07) is 1.72. The SMILES string of the molecule is CC(=O)N1CCCCC(O)(CN2CCC(Cn3cnc(C4CC4)cc3=O)CC2)C1. The van der Waals surface area contributed by atoms with E-state index in [1.54, 1.807) is 28.8 Å². The zero-order valence-electron chi connectivity index (χ0n) is 17.6. The Labute approximate surface area is 172 Å². The summed E-state index contributed by atoms with van der Waals surface area (Å²) >= 11 is 0. The third-order valence-corrected chi connectivity index (χ3v) is 6.83. The summed E-state index contributed by atoms with van der Waals surface area (Å²) in [6.07, 6.45) is 8.76. The Morgan fingerprint density at radius 1 is 1.21 bits per heavy atom. The first-order chi connectivity index (χ1) is 13.9. The summed E-state index contributed by atoms with van der Waals surface area (Å²) < 4.78 is 1.76. The molecule has 1 atom stereocenters. The van der Waals surface area contributed by atoms with Crippen molar-refractivity contribution in [3.63, 3.8) is 0 Å². The summed E-state index contributed by atoms with van der Waals surface area (Å²) in [4.78, 5) is 32.8. The number of hydrogen-bond donors (Lipinski definition) is 1. The van der Waals surface area contributed by atoms with Crippen LogP contribution in [-0.4, -0.2) is 68.7 Å². The molecule has 29 heavy (non-hydrogen) atoms. The first kappa shape index (κ1) is 20.5. The smallest absolute Gasteiger partial charge is 0.253 e. The monoisotopic (exact) mass is 402 g/mol. The number of rotatable bonds is 5. The molecule has 2 aliphatic heterocycles. The van der Waals surface area contributed by atoms with Crippen molar-refractivity contribution in [1.82, 2.24) is 19.4 Å². The first-order valence-electron chi connectivity index (χ1n) is 11.2. The molecule has 160 valence electrons. The molecule has 1 saturated carbocycles. The van der Waals surface area contributed by atoms with Gasteiger partial charge < -0.3 is 14.9 Å². The van der Waals surface area contributed by atoms with Crippen LogP contribution in [0.5, 0.6) is 0 Å². The molecule has 0 aromatic carbocycles. The van der Waals surface area contributed by atoms with Gasteiger partial charge in [0.2, 0.25) is 5.91 Å². The fraction of sp³-hybridized carbons (Fsp3) is 0.773. The molecule has 3 heterocycles. The van der Waals surface area contributed by atoms with Crippen molar-refractivity contribution in [2.45, 2.75) is 69.9 Å². The van der Waals surface area contributed by atoms with Gasteiger partial charge in [-0.2, -0.15) is 0 Å². The van der Waals surface area contributed by atoms with Crippen molar-refractivity contribution >= 4 is 5.91 Å². The second-order valence-corrected chi connectivity index (χ2v) is 9.42. The van der Waals surface area contributed by atoms with Crippen LogP contribution in [0.2, 0.25) is 0 Å². The van der Waals surface area contributed by atoms with Gasteiger partial charge in [-0.05, 0) is 64.0 Å². The minimum atomic E-state index is -0.811. The Morgan fingerprint density at radius 2 is 1.97 bits per heavy atom. The van der Waals surface area contributed by atoms with Gasteiger partial charge in [-0.1, -0.05) is 0 Å². The molecule has 2 saturated heterocycles. The number of piperidine rings is 1. The van der Waals surface area contributed by atoms with Gasteiger partial charge >= 0.3 is 0 Å². The molecular weight excluding hydrogens is 368 g/mol. The fourth-order valence-electron chi connectivity index (χ4n) is 4.87. The molecule has 3 fully saturated rings. The van der Waals surface area contributed by atoms with Crippen LogP contribution in [-0.2, 0) is 11.3 Å². The summed E-state index contributed by atoms with van der Waals surface area (Å²) in [5.41, 5.74) is 0.216. The second-order valence-electron chi connectivity index (χ2n) is 9.42. The number of likely N-dealkylation sites (tertiary alicyclic amines) is 2. The normalized spacial score (nSPS) is 27.0. The number of aliphatic hydroxyl groups is 1. The van der Waals surface area contributed by atoms with Crippen molar-refractivity contribution in [3.05, 3.63) is 28.4 Å². The van der Waals surface area contributed by atoms with Crippen LogP contribution in [0.4, 0.5) is 0 Å². The minimum Gasteiger partial charge on any atom is -0.387 e. The zero-order valence-corrected chi connectivity index (χ0v) is 17.6. The van der Waals surface area contributed by atoms with E-state index in [0.717, 1.165) is 76.8 Å². The average Bonchev–Trinajstić information content (AvgIpc) is 3.53. The van der Waals surface area contributed by atoms with E-state index in [1.807, 2.05) is 0 Å². The predicted octanol–water partition coefficient (Wildman–Crippen LogP) is 1.60. The van der Waals surface area contributed by atoms with E-state index in [2.05, 4.69) is 9.88 Å². The largest absolute Gasteiger partial charge is 0.387 e. The third kappa shape index (κ3) is 5.25. The number of amides is 1. The van der Waals surface area contributed by atoms with Gasteiger partial charge in [-0.25, -0.2) is 4.98 Å². The van der Waals surface area contributed by atoms with Gasteiger partial charge in [-0.15, -0.1) is 0 Å². The molecule has 0 radical (unpaired) electrons. The maximum atomic E-state index is 12.4. The molecule has 3 aliphatic rings. The van der Waals surface area contributed by atoms with Crippen LogP contribution in [0, 0.1) is 5.92 Å². The molecule has 4 rings (SSSR count). The Hall–Kier alpha value is -1.73. The summed E-state index contributed by atoms with van der Waals surface area (Å²) in [7, 11) is 0. The van der Waals surface area contributed by atoms with E-state index < -0.39 is 5.60 Å². The highest BCUT2D eigenvalue weighted by atomic mass is 16.3. The van der Waals surface area contributed by atoms with Crippen LogP contribution in [0.1, 0.15) is 63.5 Å². The van der Waals surface area contributed by atoms with Crippen molar-refractivity contribution in [3.8, 4) is 0 Å². The lowest BCUT2D eigenvalue weighted by Crippen LogP contribution is -2.52. The molecule has 0 spiro atoms. The highest BCUT2D eigenvalue weighted by Crippen LogP contribution is 2.38. The second kappa shape index (κ2) is 8.56. The lowest BCUT2D eigenvalue weighted by molar-refractivity contribution is -0.132. The lowest BCUT2D eigenvalue weighted by Gasteiger charge is -2.39. The highest BCUT2D eigenvalue weighted by Gasteiger charge is 2.35. The molecule has 7 nitrogen and oxygen atoms in total. The third-order valence-electron chi connectivity index (χ3n) is 6.83. The van der Waals surface area contributed by atoms with Crippen molar-refractivity contribution in [2.24, 2.45) is 5.92 Å². The number of carbonyl (C=O) groups is 1. The van der Waals surface area contributed by atoms with Gasteiger partial charge in [0, 0.05) is 38.5 Å². The van der Waals surface area contributed by atoms with E-state index in [0.29, 0.717) is 24.9 Å². The predicted molar refractivity (Wildman–Crippen MR) is 111 cm³/mol. The van der Waals surface area contributed by atoms with Gasteiger partial charge in [0.05, 0.1) is 24.2 Å². The molecule has 1 N–H and O–H groups in total. The van der Waals surface area contributed by atoms with Crippen molar-refractivity contribution in [1.29, 1.82) is 0 Å². The Balaban J connectivity index is 1.29. The van der Waals surface area contributed by atoms with E-state index in [-0.39, 0.29) is 11.5 Å². The Morgan fingerprint density at radius 3 is 2.62 bits per heavy atom. The van der Waals surface area contributed by atoms with Gasteiger partial charge in [0.1, 0.15) is 0 Å². The molecule has 1 aromatic heterocycles. The molecular formula is C22H34N4O3. The summed E-state index contributed by atoms with van der Waals surface area (Å²) in [5, 5.41) is 11.1. The average molecular weight is 403 g/mol. The van der Waals surface area contributed by atoms with Gasteiger partial charge in [0.15, 0.2) is 0 Å². The molecule has 1 amide bonds. The number of hydrogen-bond acceptors (Lipinski definition) is 5. The fourth-order valence-corrected chi connectivity index (χ4v) is 4.87. The number of carbonyl (C=O) groups excluding carboxylic acids is 1. The molecule has 1 aliphatic carbocycles. The van der Waals surface area contributed by atoms with E-state index >= 15 is 0 Å². The maximum Gasteiger partial charge on any atom is 0.253 e. The van der Waals surface area contributed by atoms with Crippen LogP contribution in [0.25, 0.3) is 0 Å². The first-order valence-corrected chi connectivity index (χ1v) is 11.2. The molecule has 1 aromatic rings. The van der Waals surface area contributed by atoms with Gasteiger partial charge in [-0.3, -0.25) is 14.2 Å². The molecule has 1 unspecified atom stereocenters. The maximum absolute atomic E-state index is 12.4. The van der Waals surface area contributed by atoms with Crippen molar-refractivity contribution in [2.75, 3.05) is 32.7 Å². The van der Waals surface area contributed by atoms with Crippen LogP contribution < -0.4 is 5.56 Å². The topological polar surface area (TPSA) is 78.7 Å². The Bertz CT molecular complexity index is 783. The summed E-state index contributed by atoms with van der Waals surface area (Å²) in [5.74, 6) is 1.03. The van der Waals surface area contributed by atoms with E-state index in [1.165, 1.54) is 0 Å². The summed E-state index contributed by atoms with van der Waals surface area (Å²) in [6.45, 7) is 5.99. The van der Waals surface area contributed by atoms with Crippen molar-refractivity contribution < 1.29 is 9.90 Å². The number of nitrogens with zero attached hydrogens (tertiary/aromatic N) is 4. The van der Waals surface area contributed by atoms with Crippen LogP contribution >= 0.6 is 0 Å². The Kier molecular flexibility index (Phi) is 6.06. The lowest BCUT2D eigenvalue weighted by atomic mass is 9.92. The number of β-amino-alcohol motifs (C(OH)–C–C–N with tert-alkyl or cyclic N) is 1. The van der Waals surface area contributed by atoms with E-state index in [4.69, 9.17) is 0 Å². The van der Waals surface area contributed by atoms with Gasteiger partial charge in [0.25, 0.3) is 5.56 Å². The minimum absolute atomic E-state index is 0.0517. The quantitative estimate of drug-likeness (QED) is 0.809. The van der Waals surface area contributed by atoms with E-state index in [9.17, 15) is 14.7 Å². The highest BCUT2D eigenvalue weighted by molar-refractivity contribution is 5.73. The molecule has 0 bridgehead atoms. The van der Waals surface area contributed by atoms with Crippen LogP contribution in [0.3, 0.4) is 0 Å². The molecule has 7 heteroatoms.